The van der Waals surface area contributed by atoms with E-state index in [0.29, 0.717) is 29.4 Å². The third kappa shape index (κ3) is 9.09. The molecule has 2 aromatic rings. The Morgan fingerprint density at radius 1 is 1.17 bits per heavy atom. The highest BCUT2D eigenvalue weighted by atomic mass is 19.1. The molecule has 0 spiro atoms. The van der Waals surface area contributed by atoms with Crippen molar-refractivity contribution in [1.82, 2.24) is 5.32 Å². The Kier molecular flexibility index (Phi) is 10.5. The summed E-state index contributed by atoms with van der Waals surface area (Å²) in [5.41, 5.74) is 6.86. The van der Waals surface area contributed by atoms with E-state index in [-0.39, 0.29) is 18.4 Å². The van der Waals surface area contributed by atoms with Crippen LogP contribution in [-0.2, 0) is 4.79 Å². The monoisotopic (exact) mass is 497 g/mol. The van der Waals surface area contributed by atoms with Crippen molar-refractivity contribution in [3.8, 4) is 17.2 Å². The molecule has 0 unspecified atom stereocenters. The number of rotatable bonds is 8. The zero-order chi connectivity index (χ0) is 26.7. The van der Waals surface area contributed by atoms with Gasteiger partial charge in [0.05, 0.1) is 5.70 Å². The molecule has 0 bridgehead atoms. The molecule has 0 saturated carbocycles. The highest BCUT2D eigenvalue weighted by Gasteiger charge is 2.27. The van der Waals surface area contributed by atoms with E-state index in [2.05, 4.69) is 23.3 Å². The topological polar surface area (TPSA) is 95.2 Å². The zero-order valence-corrected chi connectivity index (χ0v) is 21.9. The molecule has 8 heteroatoms. The number of ketones is 1. The average molecular weight is 498 g/mol. The van der Waals surface area contributed by atoms with Crippen molar-refractivity contribution >= 4 is 17.3 Å². The number of Topliss-reactive ketones (excluding diaryl/α,β-unsaturated/α-hetero) is 1. The maximum Gasteiger partial charge on any atom is 0.231 e. The summed E-state index contributed by atoms with van der Waals surface area (Å²) < 4.78 is 29.1. The van der Waals surface area contributed by atoms with Crippen LogP contribution in [0.2, 0.25) is 0 Å². The molecule has 3 N–H and O–H groups in total. The summed E-state index contributed by atoms with van der Waals surface area (Å²) in [5, 5.41) is 3.35. The van der Waals surface area contributed by atoms with Gasteiger partial charge >= 0.3 is 0 Å². The number of hydrogen-bond acceptors (Lipinski definition) is 6. The van der Waals surface area contributed by atoms with E-state index in [1.54, 1.807) is 6.92 Å². The van der Waals surface area contributed by atoms with Crippen molar-refractivity contribution in [3.05, 3.63) is 71.8 Å². The number of nitrogens with zero attached hydrogens (tertiary/aromatic N) is 1. The molecule has 0 aliphatic carbocycles. The van der Waals surface area contributed by atoms with Crippen LogP contribution < -0.4 is 25.3 Å². The number of ether oxygens (including phenoxy) is 3. The number of carbonyl (C=O) groups is 1. The first-order chi connectivity index (χ1) is 17.0. The molecule has 3 rings (SSSR count). The predicted molar refractivity (Wildman–Crippen MR) is 142 cm³/mol. The van der Waals surface area contributed by atoms with Gasteiger partial charge in [0, 0.05) is 23.9 Å². The summed E-state index contributed by atoms with van der Waals surface area (Å²) in [7, 11) is 0. The number of anilines is 1. The molecule has 0 fully saturated rings. The van der Waals surface area contributed by atoms with Crippen molar-refractivity contribution in [3.63, 3.8) is 0 Å². The van der Waals surface area contributed by atoms with E-state index >= 15 is 0 Å². The molecule has 2 aromatic carbocycles. The summed E-state index contributed by atoms with van der Waals surface area (Å²) in [6, 6.07) is 11.2. The van der Waals surface area contributed by atoms with Gasteiger partial charge in [-0.25, -0.2) is 9.38 Å². The molecule has 194 valence electrons. The summed E-state index contributed by atoms with van der Waals surface area (Å²) in [6.45, 7) is 11.6. The Morgan fingerprint density at radius 2 is 1.83 bits per heavy atom. The first-order valence-electron chi connectivity index (χ1n) is 11.8. The lowest BCUT2D eigenvalue weighted by Gasteiger charge is -2.30. The lowest BCUT2D eigenvalue weighted by Crippen LogP contribution is -2.39. The lowest BCUT2D eigenvalue weighted by atomic mass is 10.0. The molecule has 0 amide bonds. The van der Waals surface area contributed by atoms with Gasteiger partial charge in [0.1, 0.15) is 28.8 Å². The maximum absolute atomic E-state index is 12.0. The molecule has 1 heterocycles. The molecule has 0 saturated heterocycles. The second-order valence-corrected chi connectivity index (χ2v) is 8.69. The van der Waals surface area contributed by atoms with Crippen molar-refractivity contribution < 1.29 is 23.4 Å². The molecule has 36 heavy (non-hydrogen) atoms. The Labute approximate surface area is 212 Å². The fraction of sp³-hybridized carbons (Fsp3) is 0.357. The number of benzene rings is 2. The summed E-state index contributed by atoms with van der Waals surface area (Å²) >= 11 is 0. The van der Waals surface area contributed by atoms with Crippen LogP contribution >= 0.6 is 0 Å². The van der Waals surface area contributed by atoms with Crippen molar-refractivity contribution in [2.45, 2.75) is 60.0 Å². The fourth-order valence-corrected chi connectivity index (χ4v) is 3.30. The molecule has 1 aliphatic rings. The predicted octanol–water partition coefficient (Wildman–Crippen LogP) is 6.17. The zero-order valence-electron chi connectivity index (χ0n) is 21.9. The number of nitrogen functional groups attached to an aromatic ring is 1. The molecule has 7 nitrogen and oxygen atoms in total. The van der Waals surface area contributed by atoms with Crippen LogP contribution in [0.3, 0.4) is 0 Å². The SMILES string of the molecule is C/C=C(/CC(C)=O)N=C(C)NC(=CCC)C(C)(C)Oc1ccc2c(c1)OCO2.Nc1ccc(F)cc1. The van der Waals surface area contributed by atoms with E-state index in [9.17, 15) is 9.18 Å². The van der Waals surface area contributed by atoms with Crippen LogP contribution in [0.4, 0.5) is 10.1 Å². The van der Waals surface area contributed by atoms with Crippen LogP contribution in [0.1, 0.15) is 54.4 Å². The number of hydrogen-bond donors (Lipinski definition) is 2. The first-order valence-corrected chi connectivity index (χ1v) is 11.8. The Hall–Kier alpha value is -3.81. The van der Waals surface area contributed by atoms with Crippen molar-refractivity contribution in [2.75, 3.05) is 12.5 Å². The van der Waals surface area contributed by atoms with Crippen molar-refractivity contribution in [2.24, 2.45) is 4.99 Å². The van der Waals surface area contributed by atoms with Crippen LogP contribution in [0.25, 0.3) is 0 Å². The minimum Gasteiger partial charge on any atom is -0.482 e. The number of amidine groups is 1. The quantitative estimate of drug-likeness (QED) is 0.257. The van der Waals surface area contributed by atoms with Crippen LogP contribution in [-0.4, -0.2) is 24.0 Å². The van der Waals surface area contributed by atoms with Gasteiger partial charge in [0.2, 0.25) is 6.79 Å². The number of fused-ring (bicyclic) bond motifs is 1. The Bertz CT molecular complexity index is 1100. The van der Waals surface area contributed by atoms with E-state index in [1.165, 1.54) is 24.3 Å². The van der Waals surface area contributed by atoms with Gasteiger partial charge in [-0.05, 0) is 77.4 Å². The number of carbonyl (C=O) groups excluding carboxylic acids is 1. The second kappa shape index (κ2) is 13.3. The van der Waals surface area contributed by atoms with Crippen molar-refractivity contribution in [1.29, 1.82) is 0 Å². The van der Waals surface area contributed by atoms with Gasteiger partial charge in [-0.2, -0.15) is 0 Å². The average Bonchev–Trinajstić information content (AvgIpc) is 3.28. The van der Waals surface area contributed by atoms with Gasteiger partial charge in [-0.15, -0.1) is 0 Å². The smallest absolute Gasteiger partial charge is 0.231 e. The molecular formula is C28H36FN3O4. The highest BCUT2D eigenvalue weighted by Crippen LogP contribution is 2.36. The third-order valence-electron chi connectivity index (χ3n) is 5.03. The Morgan fingerprint density at radius 3 is 2.42 bits per heavy atom. The molecule has 0 radical (unpaired) electrons. The molecule has 1 aliphatic heterocycles. The van der Waals surface area contributed by atoms with Crippen LogP contribution in [0, 0.1) is 5.82 Å². The minimum atomic E-state index is -0.628. The second-order valence-electron chi connectivity index (χ2n) is 8.69. The van der Waals surface area contributed by atoms with E-state index in [1.807, 2.05) is 52.0 Å². The van der Waals surface area contributed by atoms with E-state index in [0.717, 1.165) is 23.6 Å². The van der Waals surface area contributed by atoms with Gasteiger partial charge in [-0.3, -0.25) is 4.79 Å². The molecule has 0 atom stereocenters. The van der Waals surface area contributed by atoms with E-state index < -0.39 is 5.60 Å². The van der Waals surface area contributed by atoms with Gasteiger partial charge in [0.25, 0.3) is 0 Å². The largest absolute Gasteiger partial charge is 0.482 e. The summed E-state index contributed by atoms with van der Waals surface area (Å²) in [5.74, 6) is 2.64. The molecular weight excluding hydrogens is 461 g/mol. The van der Waals surface area contributed by atoms with Gasteiger partial charge < -0.3 is 25.3 Å². The first kappa shape index (κ1) is 28.4. The standard InChI is InChI=1S/C22H30N2O4.C6H6FN/c1-7-9-21(24-16(4)23-17(8-2)12-15(3)25)22(5,6)28-18-10-11-19-20(13-18)27-14-26-19;7-5-1-3-6(8)4-2-5/h8-11,13H,7,12,14H2,1-6H3,(H,23,24);1-4H,8H2/b17-8-,21-9?;. The van der Waals surface area contributed by atoms with E-state index in [4.69, 9.17) is 19.9 Å². The number of nitrogens with two attached hydrogens (primary N) is 1. The molecule has 0 aromatic heterocycles. The minimum absolute atomic E-state index is 0.0837. The van der Waals surface area contributed by atoms with Gasteiger partial charge in [-0.1, -0.05) is 19.1 Å². The Balaban J connectivity index is 0.000000482. The van der Waals surface area contributed by atoms with Gasteiger partial charge in [0.15, 0.2) is 11.5 Å². The lowest BCUT2D eigenvalue weighted by molar-refractivity contribution is -0.116. The normalized spacial score (nSPS) is 13.6. The van der Waals surface area contributed by atoms with Crippen LogP contribution in [0.5, 0.6) is 17.2 Å². The maximum atomic E-state index is 12.0. The number of aliphatic imine (C=N–C) groups is 1. The summed E-state index contributed by atoms with van der Waals surface area (Å²) in [4.78, 5) is 15.9. The summed E-state index contributed by atoms with van der Waals surface area (Å²) in [6.07, 6.45) is 5.09. The number of nitrogens with one attached hydrogen (secondary N) is 1. The highest BCUT2D eigenvalue weighted by molar-refractivity contribution is 5.84. The fourth-order valence-electron chi connectivity index (χ4n) is 3.30. The number of allylic oxidation sites excluding steroid dienone is 3. The van der Waals surface area contributed by atoms with Crippen LogP contribution in [0.15, 0.2) is 71.0 Å². The third-order valence-corrected chi connectivity index (χ3v) is 5.03. The number of halogens is 1.